The van der Waals surface area contributed by atoms with E-state index in [4.69, 9.17) is 23.2 Å². The number of hydrogen-bond acceptors (Lipinski definition) is 2. The van der Waals surface area contributed by atoms with E-state index in [0.29, 0.717) is 15.6 Å². The maximum Gasteiger partial charge on any atom is 0.242 e. The molecule has 2 aromatic carbocycles. The fraction of sp³-hybridized carbons (Fsp3) is 0.364. The average Bonchev–Trinajstić information content (AvgIpc) is 2.69. The molecule has 0 aliphatic rings. The highest BCUT2D eigenvalue weighted by molar-refractivity contribution is 6.42. The summed E-state index contributed by atoms with van der Waals surface area (Å²) in [5, 5.41) is 3.71. The molecule has 1 N–H and O–H groups in total. The van der Waals surface area contributed by atoms with Crippen LogP contribution in [0.25, 0.3) is 0 Å². The largest absolute Gasteiger partial charge is 0.352 e. The van der Waals surface area contributed by atoms with Gasteiger partial charge in [0.15, 0.2) is 0 Å². The second kappa shape index (κ2) is 10.6. The lowest BCUT2D eigenvalue weighted by atomic mass is 10.1. The van der Waals surface area contributed by atoms with Crippen LogP contribution in [0.4, 0.5) is 4.39 Å². The van der Waals surface area contributed by atoms with Crippen molar-refractivity contribution >= 4 is 35.0 Å². The molecular formula is C22H25Cl2FN2O2. The van der Waals surface area contributed by atoms with Crippen LogP contribution in [0.5, 0.6) is 0 Å². The van der Waals surface area contributed by atoms with Gasteiger partial charge in [-0.25, -0.2) is 4.39 Å². The Morgan fingerprint density at radius 1 is 1.03 bits per heavy atom. The van der Waals surface area contributed by atoms with Crippen molar-refractivity contribution in [2.45, 2.75) is 52.2 Å². The molecule has 29 heavy (non-hydrogen) atoms. The zero-order chi connectivity index (χ0) is 21.6. The lowest BCUT2D eigenvalue weighted by Gasteiger charge is -2.30. The van der Waals surface area contributed by atoms with E-state index in [9.17, 15) is 14.0 Å². The van der Waals surface area contributed by atoms with E-state index < -0.39 is 6.04 Å². The predicted octanol–water partition coefficient (Wildman–Crippen LogP) is 5.01. The molecule has 2 amide bonds. The highest BCUT2D eigenvalue weighted by Gasteiger charge is 2.27. The third-order valence-electron chi connectivity index (χ3n) is 4.77. The maximum atomic E-state index is 13.2. The topological polar surface area (TPSA) is 49.4 Å². The van der Waals surface area contributed by atoms with Crippen LogP contribution in [0, 0.1) is 5.82 Å². The second-order valence-electron chi connectivity index (χ2n) is 7.07. The molecular weight excluding hydrogens is 414 g/mol. The summed E-state index contributed by atoms with van der Waals surface area (Å²) >= 11 is 12.1. The van der Waals surface area contributed by atoms with E-state index in [-0.39, 0.29) is 36.6 Å². The monoisotopic (exact) mass is 438 g/mol. The number of halogens is 3. The number of rotatable bonds is 8. The SMILES string of the molecule is CC[C@@H](C)NC(=O)[C@@H](C)N(Cc1ccc(Cl)c(Cl)c1)C(=O)Cc1ccc(F)cc1. The lowest BCUT2D eigenvalue weighted by Crippen LogP contribution is -2.49. The Kier molecular flexibility index (Phi) is 8.47. The molecule has 0 aliphatic heterocycles. The quantitative estimate of drug-likeness (QED) is 0.629. The van der Waals surface area contributed by atoms with E-state index in [1.165, 1.54) is 17.0 Å². The molecule has 2 aromatic rings. The van der Waals surface area contributed by atoms with Crippen molar-refractivity contribution in [2.75, 3.05) is 0 Å². The van der Waals surface area contributed by atoms with Gasteiger partial charge in [0, 0.05) is 12.6 Å². The van der Waals surface area contributed by atoms with Crippen molar-refractivity contribution in [1.29, 1.82) is 0 Å². The Morgan fingerprint density at radius 2 is 1.66 bits per heavy atom. The molecule has 0 unspecified atom stereocenters. The number of nitrogens with one attached hydrogen (secondary N) is 1. The molecule has 0 fully saturated rings. The average molecular weight is 439 g/mol. The van der Waals surface area contributed by atoms with Crippen LogP contribution >= 0.6 is 23.2 Å². The van der Waals surface area contributed by atoms with Gasteiger partial charge in [-0.05, 0) is 55.7 Å². The molecule has 0 heterocycles. The Labute approximate surface area is 181 Å². The first-order valence-electron chi connectivity index (χ1n) is 9.49. The number of benzene rings is 2. The van der Waals surface area contributed by atoms with Crippen LogP contribution in [-0.2, 0) is 22.6 Å². The molecule has 2 rings (SSSR count). The van der Waals surface area contributed by atoms with Crippen molar-refractivity contribution in [2.24, 2.45) is 0 Å². The summed E-state index contributed by atoms with van der Waals surface area (Å²) in [6.45, 7) is 5.78. The van der Waals surface area contributed by atoms with Gasteiger partial charge in [0.2, 0.25) is 11.8 Å². The van der Waals surface area contributed by atoms with E-state index in [0.717, 1.165) is 12.0 Å². The lowest BCUT2D eigenvalue weighted by molar-refractivity contribution is -0.140. The van der Waals surface area contributed by atoms with Crippen molar-refractivity contribution in [3.63, 3.8) is 0 Å². The summed E-state index contributed by atoms with van der Waals surface area (Å²) in [6.07, 6.45) is 0.845. The number of hydrogen-bond donors (Lipinski definition) is 1. The molecule has 4 nitrogen and oxygen atoms in total. The smallest absolute Gasteiger partial charge is 0.242 e. The van der Waals surface area contributed by atoms with Crippen LogP contribution < -0.4 is 5.32 Å². The summed E-state index contributed by atoms with van der Waals surface area (Å²) in [5.74, 6) is -0.837. The zero-order valence-electron chi connectivity index (χ0n) is 16.7. The molecule has 0 aliphatic carbocycles. The third kappa shape index (κ3) is 6.72. The molecule has 0 saturated carbocycles. The molecule has 0 spiro atoms. The van der Waals surface area contributed by atoms with Gasteiger partial charge in [0.05, 0.1) is 16.5 Å². The number of nitrogens with zero attached hydrogens (tertiary/aromatic N) is 1. The van der Waals surface area contributed by atoms with Crippen LogP contribution in [0.15, 0.2) is 42.5 Å². The van der Waals surface area contributed by atoms with Crippen molar-refractivity contribution in [3.8, 4) is 0 Å². The highest BCUT2D eigenvalue weighted by atomic mass is 35.5. The van der Waals surface area contributed by atoms with Gasteiger partial charge in [-0.2, -0.15) is 0 Å². The molecule has 0 bridgehead atoms. The van der Waals surface area contributed by atoms with Crippen LogP contribution in [-0.4, -0.2) is 28.8 Å². The van der Waals surface area contributed by atoms with Crippen molar-refractivity contribution in [3.05, 3.63) is 69.5 Å². The summed E-state index contributed by atoms with van der Waals surface area (Å²) < 4.78 is 13.2. The molecule has 156 valence electrons. The van der Waals surface area contributed by atoms with E-state index in [1.807, 2.05) is 13.8 Å². The van der Waals surface area contributed by atoms with Crippen molar-refractivity contribution in [1.82, 2.24) is 10.2 Å². The minimum absolute atomic E-state index is 0.00368. The minimum atomic E-state index is -0.689. The highest BCUT2D eigenvalue weighted by Crippen LogP contribution is 2.24. The number of carbonyl (C=O) groups excluding carboxylic acids is 2. The molecule has 7 heteroatoms. The van der Waals surface area contributed by atoms with Gasteiger partial charge in [-0.1, -0.05) is 48.3 Å². The maximum absolute atomic E-state index is 13.2. The Hall–Kier alpha value is -2.11. The first-order valence-corrected chi connectivity index (χ1v) is 10.2. The van der Waals surface area contributed by atoms with Gasteiger partial charge in [-0.3, -0.25) is 9.59 Å². The Bertz CT molecular complexity index is 858. The minimum Gasteiger partial charge on any atom is -0.352 e. The molecule has 0 aromatic heterocycles. The fourth-order valence-electron chi connectivity index (χ4n) is 2.76. The Balaban J connectivity index is 2.25. The zero-order valence-corrected chi connectivity index (χ0v) is 18.2. The van der Waals surface area contributed by atoms with Crippen LogP contribution in [0.1, 0.15) is 38.3 Å². The van der Waals surface area contributed by atoms with Gasteiger partial charge in [0.1, 0.15) is 11.9 Å². The third-order valence-corrected chi connectivity index (χ3v) is 5.51. The standard InChI is InChI=1S/C22H25Cl2FN2O2/c1-4-14(2)26-22(29)15(3)27(13-17-7-10-19(23)20(24)11-17)21(28)12-16-5-8-18(25)9-6-16/h5-11,14-15H,4,12-13H2,1-3H3,(H,26,29)/t14-,15-/m1/s1. The van der Waals surface area contributed by atoms with Gasteiger partial charge in [0.25, 0.3) is 0 Å². The number of carbonyl (C=O) groups is 2. The van der Waals surface area contributed by atoms with Gasteiger partial charge >= 0.3 is 0 Å². The van der Waals surface area contributed by atoms with Crippen LogP contribution in [0.3, 0.4) is 0 Å². The van der Waals surface area contributed by atoms with Crippen molar-refractivity contribution < 1.29 is 14.0 Å². The molecule has 0 radical (unpaired) electrons. The van der Waals surface area contributed by atoms with E-state index in [1.54, 1.807) is 37.3 Å². The van der Waals surface area contributed by atoms with Crippen LogP contribution in [0.2, 0.25) is 10.0 Å². The second-order valence-corrected chi connectivity index (χ2v) is 7.88. The summed E-state index contributed by atoms with van der Waals surface area (Å²) in [6, 6.07) is 10.2. The summed E-state index contributed by atoms with van der Waals surface area (Å²) in [7, 11) is 0. The first kappa shape index (κ1) is 23.2. The summed E-state index contributed by atoms with van der Waals surface area (Å²) in [5.41, 5.74) is 1.43. The first-order chi connectivity index (χ1) is 13.7. The Morgan fingerprint density at radius 3 is 2.24 bits per heavy atom. The normalized spacial score (nSPS) is 12.9. The van der Waals surface area contributed by atoms with Gasteiger partial charge < -0.3 is 10.2 Å². The molecule has 2 atom stereocenters. The number of amides is 2. The summed E-state index contributed by atoms with van der Waals surface area (Å²) in [4.78, 5) is 27.2. The van der Waals surface area contributed by atoms with E-state index >= 15 is 0 Å². The van der Waals surface area contributed by atoms with Gasteiger partial charge in [-0.15, -0.1) is 0 Å². The predicted molar refractivity (Wildman–Crippen MR) is 114 cm³/mol. The van der Waals surface area contributed by atoms with E-state index in [2.05, 4.69) is 5.32 Å². The molecule has 0 saturated heterocycles. The fourth-order valence-corrected chi connectivity index (χ4v) is 3.08.